The number of aromatic nitrogens is 6. The van der Waals surface area contributed by atoms with Crippen molar-refractivity contribution in [2.24, 2.45) is 0 Å². The summed E-state index contributed by atoms with van der Waals surface area (Å²) in [6.45, 7) is 0. The number of hydrogen-bond acceptors (Lipinski definition) is 6. The van der Waals surface area contributed by atoms with E-state index in [1.807, 2.05) is 78.9 Å². The van der Waals surface area contributed by atoms with Gasteiger partial charge in [-0.25, -0.2) is 19.9 Å². The van der Waals surface area contributed by atoms with Crippen LogP contribution in [0, 0.1) is 0 Å². The Kier molecular flexibility index (Phi) is 4.32. The van der Waals surface area contributed by atoms with Crippen molar-refractivity contribution in [1.29, 1.82) is 0 Å². The predicted octanol–water partition coefficient (Wildman–Crippen LogP) is 5.36. The summed E-state index contributed by atoms with van der Waals surface area (Å²) in [5.41, 5.74) is 6.59. The summed E-state index contributed by atoms with van der Waals surface area (Å²) < 4.78 is 0. The summed E-state index contributed by atoms with van der Waals surface area (Å²) in [6.07, 6.45) is 5.21. The first-order valence-electron chi connectivity index (χ1n) is 10.2. The molecule has 0 aliphatic rings. The highest BCUT2D eigenvalue weighted by Crippen LogP contribution is 2.29. The summed E-state index contributed by atoms with van der Waals surface area (Å²) in [6, 6.07) is 25.5. The number of fused-ring (bicyclic) bond motifs is 2. The van der Waals surface area contributed by atoms with Crippen molar-refractivity contribution in [1.82, 2.24) is 29.9 Å². The molecular weight excluding hydrogens is 396 g/mol. The molecule has 6 nitrogen and oxygen atoms in total. The monoisotopic (exact) mass is 412 g/mol. The minimum atomic E-state index is 0.620. The minimum absolute atomic E-state index is 0.620. The van der Waals surface area contributed by atoms with Gasteiger partial charge in [0.2, 0.25) is 0 Å². The van der Waals surface area contributed by atoms with Crippen LogP contribution in [0.3, 0.4) is 0 Å². The van der Waals surface area contributed by atoms with Crippen molar-refractivity contribution in [3.05, 3.63) is 97.5 Å². The van der Waals surface area contributed by atoms with E-state index in [0.717, 1.165) is 33.3 Å². The Labute approximate surface area is 183 Å². The third kappa shape index (κ3) is 3.24. The third-order valence-electron chi connectivity index (χ3n) is 5.23. The lowest BCUT2D eigenvalue weighted by atomic mass is 10.1. The Balaban J connectivity index is 1.56. The van der Waals surface area contributed by atoms with E-state index in [2.05, 4.69) is 9.97 Å². The Morgan fingerprint density at radius 1 is 0.406 bits per heavy atom. The maximum absolute atomic E-state index is 4.94. The molecule has 0 unspecified atom stereocenters. The second kappa shape index (κ2) is 7.59. The lowest BCUT2D eigenvalue weighted by Gasteiger charge is -2.10. The lowest BCUT2D eigenvalue weighted by molar-refractivity contribution is 1.15. The van der Waals surface area contributed by atoms with Crippen LogP contribution in [0.5, 0.6) is 0 Å². The van der Waals surface area contributed by atoms with Crippen molar-refractivity contribution in [3.8, 4) is 34.2 Å². The molecule has 0 atom stereocenters. The van der Waals surface area contributed by atoms with E-state index >= 15 is 0 Å². The molecule has 6 rings (SSSR count). The van der Waals surface area contributed by atoms with E-state index in [-0.39, 0.29) is 0 Å². The maximum atomic E-state index is 4.94. The van der Waals surface area contributed by atoms with Crippen LogP contribution in [-0.4, -0.2) is 29.9 Å². The fourth-order valence-corrected chi connectivity index (χ4v) is 3.66. The number of hydrogen-bond donors (Lipinski definition) is 0. The fourth-order valence-electron chi connectivity index (χ4n) is 3.66. The summed E-state index contributed by atoms with van der Waals surface area (Å²) >= 11 is 0. The van der Waals surface area contributed by atoms with E-state index in [4.69, 9.17) is 19.9 Å². The van der Waals surface area contributed by atoms with Gasteiger partial charge in [-0.1, -0.05) is 42.5 Å². The average molecular weight is 412 g/mol. The van der Waals surface area contributed by atoms with Gasteiger partial charge in [-0.2, -0.15) is 0 Å². The highest BCUT2D eigenvalue weighted by molar-refractivity contribution is 5.83. The molecule has 0 aliphatic carbocycles. The van der Waals surface area contributed by atoms with E-state index < -0.39 is 0 Å². The van der Waals surface area contributed by atoms with Crippen molar-refractivity contribution < 1.29 is 0 Å². The fraction of sp³-hybridized carbons (Fsp3) is 0. The molecule has 0 spiro atoms. The van der Waals surface area contributed by atoms with Crippen LogP contribution in [0.15, 0.2) is 97.5 Å². The van der Waals surface area contributed by atoms with Gasteiger partial charge < -0.3 is 0 Å². The van der Waals surface area contributed by atoms with Gasteiger partial charge in [0.05, 0.1) is 40.3 Å². The van der Waals surface area contributed by atoms with Crippen molar-refractivity contribution >= 4 is 21.9 Å². The summed E-state index contributed by atoms with van der Waals surface area (Å²) in [4.78, 5) is 28.3. The van der Waals surface area contributed by atoms with Crippen LogP contribution in [-0.2, 0) is 0 Å². The molecule has 32 heavy (non-hydrogen) atoms. The predicted molar refractivity (Wildman–Crippen MR) is 125 cm³/mol. The number of para-hydroxylation sites is 3. The normalized spacial score (nSPS) is 11.1. The molecule has 4 aromatic heterocycles. The first kappa shape index (κ1) is 18.2. The van der Waals surface area contributed by atoms with Crippen LogP contribution >= 0.6 is 0 Å². The molecular formula is C26H16N6. The topological polar surface area (TPSA) is 77.3 Å². The van der Waals surface area contributed by atoms with Crippen molar-refractivity contribution in [2.45, 2.75) is 0 Å². The first-order chi connectivity index (χ1) is 15.8. The molecule has 2 aromatic carbocycles. The minimum Gasteiger partial charge on any atom is -0.255 e. The standard InChI is InChI=1S/C26H16N6/c1-2-8-18-17(7-1)12-13-21(30-18)23-15-29-25(22-11-5-6-14-27-22)26(32-23)24-16-28-19-9-3-4-10-20(19)31-24/h1-16H. The maximum Gasteiger partial charge on any atom is 0.119 e. The Morgan fingerprint density at radius 3 is 2.03 bits per heavy atom. The lowest BCUT2D eigenvalue weighted by Crippen LogP contribution is -2.00. The Morgan fingerprint density at radius 2 is 1.16 bits per heavy atom. The number of rotatable bonds is 3. The highest BCUT2D eigenvalue weighted by Gasteiger charge is 2.16. The van der Waals surface area contributed by atoms with Gasteiger partial charge in [-0.05, 0) is 36.4 Å². The van der Waals surface area contributed by atoms with E-state index in [0.29, 0.717) is 22.8 Å². The molecule has 4 heterocycles. The zero-order valence-electron chi connectivity index (χ0n) is 16.9. The molecule has 0 saturated carbocycles. The van der Waals surface area contributed by atoms with Gasteiger partial charge in [-0.3, -0.25) is 9.97 Å². The Hall–Kier alpha value is -4.58. The van der Waals surface area contributed by atoms with E-state index in [1.54, 1.807) is 18.6 Å². The van der Waals surface area contributed by atoms with Gasteiger partial charge in [0.25, 0.3) is 0 Å². The summed E-state index contributed by atoms with van der Waals surface area (Å²) in [5, 5.41) is 1.08. The number of nitrogens with zero attached hydrogens (tertiary/aromatic N) is 6. The highest BCUT2D eigenvalue weighted by atomic mass is 14.9. The average Bonchev–Trinajstić information content (AvgIpc) is 2.88. The molecule has 0 N–H and O–H groups in total. The van der Waals surface area contributed by atoms with E-state index in [9.17, 15) is 0 Å². The molecule has 6 heteroatoms. The second-order valence-electron chi connectivity index (χ2n) is 7.30. The van der Waals surface area contributed by atoms with Gasteiger partial charge in [-0.15, -0.1) is 0 Å². The number of pyridine rings is 2. The van der Waals surface area contributed by atoms with Crippen LogP contribution in [0.4, 0.5) is 0 Å². The SMILES string of the molecule is c1ccc(-c2ncc(-c3ccc4ccccc4n3)nc2-c2cnc3ccccc3n2)nc1. The van der Waals surface area contributed by atoms with Gasteiger partial charge >= 0.3 is 0 Å². The van der Waals surface area contributed by atoms with Crippen LogP contribution in [0.1, 0.15) is 0 Å². The summed E-state index contributed by atoms with van der Waals surface area (Å²) in [5.74, 6) is 0. The van der Waals surface area contributed by atoms with Crippen LogP contribution < -0.4 is 0 Å². The Bertz CT molecular complexity index is 1580. The molecule has 6 aromatic rings. The first-order valence-corrected chi connectivity index (χ1v) is 10.2. The third-order valence-corrected chi connectivity index (χ3v) is 5.23. The quantitative estimate of drug-likeness (QED) is 0.389. The smallest absolute Gasteiger partial charge is 0.119 e. The molecule has 0 amide bonds. The second-order valence-corrected chi connectivity index (χ2v) is 7.30. The zero-order chi connectivity index (χ0) is 21.3. The van der Waals surface area contributed by atoms with Crippen molar-refractivity contribution in [2.75, 3.05) is 0 Å². The van der Waals surface area contributed by atoms with Gasteiger partial charge in [0, 0.05) is 11.6 Å². The zero-order valence-corrected chi connectivity index (χ0v) is 16.9. The summed E-state index contributed by atoms with van der Waals surface area (Å²) in [7, 11) is 0. The molecule has 0 fully saturated rings. The molecule has 0 radical (unpaired) electrons. The van der Waals surface area contributed by atoms with E-state index in [1.165, 1.54) is 0 Å². The molecule has 0 aliphatic heterocycles. The molecule has 150 valence electrons. The molecule has 0 bridgehead atoms. The van der Waals surface area contributed by atoms with Crippen LogP contribution in [0.2, 0.25) is 0 Å². The largest absolute Gasteiger partial charge is 0.255 e. The van der Waals surface area contributed by atoms with Gasteiger partial charge in [0.15, 0.2) is 0 Å². The van der Waals surface area contributed by atoms with Gasteiger partial charge in [0.1, 0.15) is 22.8 Å². The van der Waals surface area contributed by atoms with Crippen molar-refractivity contribution in [3.63, 3.8) is 0 Å². The molecule has 0 saturated heterocycles. The number of benzene rings is 2. The van der Waals surface area contributed by atoms with Crippen LogP contribution in [0.25, 0.3) is 56.1 Å².